The molecule has 1 rings (SSSR count). The maximum absolute atomic E-state index is 2.34. The van der Waals surface area contributed by atoms with Crippen molar-refractivity contribution in [1.29, 1.82) is 0 Å². The van der Waals surface area contributed by atoms with Crippen molar-refractivity contribution in [1.82, 2.24) is 0 Å². The molecule has 0 aliphatic heterocycles. The summed E-state index contributed by atoms with van der Waals surface area (Å²) in [5.41, 5.74) is 4.77. The molecule has 1 aliphatic carbocycles. The predicted octanol–water partition coefficient (Wildman–Crippen LogP) is 4.62. The second kappa shape index (κ2) is 5.26. The summed E-state index contributed by atoms with van der Waals surface area (Å²) in [6, 6.07) is 0. The van der Waals surface area contributed by atoms with Crippen molar-refractivity contribution >= 4 is 0 Å². The van der Waals surface area contributed by atoms with Crippen LogP contribution in [0.2, 0.25) is 0 Å². The van der Waals surface area contributed by atoms with Gasteiger partial charge in [-0.05, 0) is 33.1 Å². The van der Waals surface area contributed by atoms with Crippen molar-refractivity contribution < 1.29 is 0 Å². The van der Waals surface area contributed by atoms with E-state index in [0.717, 1.165) is 0 Å². The lowest BCUT2D eigenvalue weighted by Gasteiger charge is -2.03. The monoisotopic (exact) mass is 178 g/mol. The lowest BCUT2D eigenvalue weighted by atomic mass is 10.0. The lowest BCUT2D eigenvalue weighted by Crippen LogP contribution is -1.84. The molecule has 0 amide bonds. The Balaban J connectivity index is 2.20. The van der Waals surface area contributed by atoms with Crippen LogP contribution in [0.15, 0.2) is 22.8 Å². The van der Waals surface area contributed by atoms with Crippen LogP contribution in [-0.2, 0) is 0 Å². The van der Waals surface area contributed by atoms with E-state index in [2.05, 4.69) is 26.8 Å². The average Bonchev–Trinajstić information content (AvgIpc) is 2.39. The molecule has 0 heteroatoms. The van der Waals surface area contributed by atoms with Crippen LogP contribution in [0.4, 0.5) is 0 Å². The van der Waals surface area contributed by atoms with Crippen LogP contribution >= 0.6 is 0 Å². The molecule has 0 aromatic carbocycles. The van der Waals surface area contributed by atoms with Gasteiger partial charge < -0.3 is 0 Å². The molecular weight excluding hydrogens is 156 g/mol. The van der Waals surface area contributed by atoms with Gasteiger partial charge in [-0.1, -0.05) is 49.0 Å². The fourth-order valence-electron chi connectivity index (χ4n) is 2.05. The van der Waals surface area contributed by atoms with E-state index in [1.54, 1.807) is 11.1 Å². The third-order valence-corrected chi connectivity index (χ3v) is 2.84. The lowest BCUT2D eigenvalue weighted by molar-refractivity contribution is 0.659. The van der Waals surface area contributed by atoms with Crippen LogP contribution in [0.1, 0.15) is 59.3 Å². The van der Waals surface area contributed by atoms with Gasteiger partial charge in [0.15, 0.2) is 0 Å². The predicted molar refractivity (Wildman–Crippen MR) is 59.8 cm³/mol. The summed E-state index contributed by atoms with van der Waals surface area (Å²) in [7, 11) is 0. The van der Waals surface area contributed by atoms with Gasteiger partial charge in [-0.15, -0.1) is 0 Å². The van der Waals surface area contributed by atoms with E-state index in [1.807, 2.05) is 0 Å². The SMILES string of the molecule is CCCCCCC1=C(C)C=C(C)C1. The molecule has 0 aromatic rings. The molecule has 1 aliphatic rings. The Morgan fingerprint density at radius 3 is 2.46 bits per heavy atom. The Morgan fingerprint density at radius 1 is 1.15 bits per heavy atom. The van der Waals surface area contributed by atoms with Crippen LogP contribution < -0.4 is 0 Å². The molecule has 0 heterocycles. The normalized spacial score (nSPS) is 16.7. The summed E-state index contributed by atoms with van der Waals surface area (Å²) in [5.74, 6) is 0. The highest BCUT2D eigenvalue weighted by molar-refractivity contribution is 5.36. The van der Waals surface area contributed by atoms with E-state index in [-0.39, 0.29) is 0 Å². The summed E-state index contributed by atoms with van der Waals surface area (Å²) in [6.07, 6.45) is 10.5. The molecule has 0 N–H and O–H groups in total. The number of hydrogen-bond acceptors (Lipinski definition) is 0. The standard InChI is InChI=1S/C13H22/c1-4-5-6-7-8-13-10-11(2)9-12(13)3/h9H,4-8,10H2,1-3H3. The molecular formula is C13H22. The molecule has 0 saturated carbocycles. The van der Waals surface area contributed by atoms with Crippen LogP contribution in [-0.4, -0.2) is 0 Å². The fourth-order valence-corrected chi connectivity index (χ4v) is 2.05. The molecule has 0 nitrogen and oxygen atoms in total. The van der Waals surface area contributed by atoms with Gasteiger partial charge in [-0.2, -0.15) is 0 Å². The zero-order valence-corrected chi connectivity index (χ0v) is 9.32. The van der Waals surface area contributed by atoms with Gasteiger partial charge in [0.1, 0.15) is 0 Å². The summed E-state index contributed by atoms with van der Waals surface area (Å²) in [5, 5.41) is 0. The first-order valence-electron chi connectivity index (χ1n) is 5.60. The van der Waals surface area contributed by atoms with Crippen LogP contribution in [0.5, 0.6) is 0 Å². The van der Waals surface area contributed by atoms with Crippen molar-refractivity contribution in [2.75, 3.05) is 0 Å². The van der Waals surface area contributed by atoms with E-state index in [1.165, 1.54) is 44.1 Å². The molecule has 13 heavy (non-hydrogen) atoms. The van der Waals surface area contributed by atoms with E-state index in [4.69, 9.17) is 0 Å². The summed E-state index contributed by atoms with van der Waals surface area (Å²) >= 11 is 0. The summed E-state index contributed by atoms with van der Waals surface area (Å²) in [4.78, 5) is 0. The molecule has 0 saturated heterocycles. The Labute approximate surface area is 82.7 Å². The minimum atomic E-state index is 1.25. The first kappa shape index (κ1) is 10.6. The molecule has 0 fully saturated rings. The van der Waals surface area contributed by atoms with E-state index in [0.29, 0.717) is 0 Å². The Bertz CT molecular complexity index is 218. The number of rotatable bonds is 5. The average molecular weight is 178 g/mol. The minimum absolute atomic E-state index is 1.25. The van der Waals surface area contributed by atoms with Crippen LogP contribution in [0, 0.1) is 0 Å². The number of allylic oxidation sites excluding steroid dienone is 4. The fraction of sp³-hybridized carbons (Fsp3) is 0.692. The first-order chi connectivity index (χ1) is 6.24. The topological polar surface area (TPSA) is 0 Å². The van der Waals surface area contributed by atoms with Crippen molar-refractivity contribution in [3.63, 3.8) is 0 Å². The molecule has 0 spiro atoms. The van der Waals surface area contributed by atoms with Crippen molar-refractivity contribution in [2.45, 2.75) is 59.3 Å². The highest BCUT2D eigenvalue weighted by Crippen LogP contribution is 2.28. The third-order valence-electron chi connectivity index (χ3n) is 2.84. The minimum Gasteiger partial charge on any atom is -0.0690 e. The number of hydrogen-bond donors (Lipinski definition) is 0. The second-order valence-electron chi connectivity index (χ2n) is 4.26. The molecule has 0 radical (unpaired) electrons. The molecule has 0 aromatic heterocycles. The van der Waals surface area contributed by atoms with Gasteiger partial charge in [0.25, 0.3) is 0 Å². The van der Waals surface area contributed by atoms with E-state index in [9.17, 15) is 0 Å². The van der Waals surface area contributed by atoms with E-state index >= 15 is 0 Å². The molecule has 0 unspecified atom stereocenters. The quantitative estimate of drug-likeness (QED) is 0.539. The highest BCUT2D eigenvalue weighted by Gasteiger charge is 2.08. The second-order valence-corrected chi connectivity index (χ2v) is 4.26. The van der Waals surface area contributed by atoms with Crippen LogP contribution in [0.3, 0.4) is 0 Å². The Morgan fingerprint density at radius 2 is 1.92 bits per heavy atom. The Kier molecular flexibility index (Phi) is 4.27. The van der Waals surface area contributed by atoms with Gasteiger partial charge >= 0.3 is 0 Å². The van der Waals surface area contributed by atoms with Crippen molar-refractivity contribution in [2.24, 2.45) is 0 Å². The molecule has 74 valence electrons. The van der Waals surface area contributed by atoms with Crippen molar-refractivity contribution in [3.05, 3.63) is 22.8 Å². The molecule has 0 bridgehead atoms. The van der Waals surface area contributed by atoms with Crippen LogP contribution in [0.25, 0.3) is 0 Å². The van der Waals surface area contributed by atoms with Crippen molar-refractivity contribution in [3.8, 4) is 0 Å². The van der Waals surface area contributed by atoms with Gasteiger partial charge in [0, 0.05) is 0 Å². The molecule has 0 atom stereocenters. The number of unbranched alkanes of at least 4 members (excludes halogenated alkanes) is 3. The van der Waals surface area contributed by atoms with Gasteiger partial charge in [-0.25, -0.2) is 0 Å². The summed E-state index contributed by atoms with van der Waals surface area (Å²) < 4.78 is 0. The summed E-state index contributed by atoms with van der Waals surface area (Å²) in [6.45, 7) is 6.76. The zero-order valence-electron chi connectivity index (χ0n) is 9.32. The highest BCUT2D eigenvalue weighted by atomic mass is 14.1. The smallest absolute Gasteiger partial charge is 0.0102 e. The third kappa shape index (κ3) is 3.38. The Hall–Kier alpha value is -0.520. The largest absolute Gasteiger partial charge is 0.0690 e. The maximum Gasteiger partial charge on any atom is -0.0102 e. The van der Waals surface area contributed by atoms with Gasteiger partial charge in [0.2, 0.25) is 0 Å². The maximum atomic E-state index is 2.34. The van der Waals surface area contributed by atoms with E-state index < -0.39 is 0 Å². The van der Waals surface area contributed by atoms with Gasteiger partial charge in [0.05, 0.1) is 0 Å². The van der Waals surface area contributed by atoms with Gasteiger partial charge in [-0.3, -0.25) is 0 Å². The first-order valence-corrected chi connectivity index (χ1v) is 5.60. The zero-order chi connectivity index (χ0) is 9.68.